The molecule has 7 heteroatoms. The number of carbonyl (C=O) groups is 2. The van der Waals surface area contributed by atoms with Crippen molar-refractivity contribution in [1.82, 2.24) is 15.2 Å². The van der Waals surface area contributed by atoms with E-state index in [4.69, 9.17) is 11.6 Å². The zero-order chi connectivity index (χ0) is 19.3. The number of rotatable bonds is 5. The molecule has 26 heavy (non-hydrogen) atoms. The minimum atomic E-state index is -0.429. The first-order chi connectivity index (χ1) is 12.2. The number of aromatic nitrogens is 1. The molecule has 1 aromatic carbocycles. The van der Waals surface area contributed by atoms with Crippen LogP contribution < -0.4 is 16.2 Å². The topological polar surface area (TPSA) is 80.2 Å². The van der Waals surface area contributed by atoms with Crippen molar-refractivity contribution in [1.29, 1.82) is 0 Å². The first-order valence-corrected chi connectivity index (χ1v) is 8.56. The van der Waals surface area contributed by atoms with E-state index in [1.54, 1.807) is 12.1 Å². The summed E-state index contributed by atoms with van der Waals surface area (Å²) in [5.74, 6) is -0.711. The first-order valence-electron chi connectivity index (χ1n) is 8.19. The third kappa shape index (κ3) is 5.74. The third-order valence-electron chi connectivity index (χ3n) is 3.47. The number of hydrogen-bond acceptors (Lipinski definition) is 3. The quantitative estimate of drug-likeness (QED) is 0.840. The molecule has 0 atom stereocenters. The zero-order valence-electron chi connectivity index (χ0n) is 15.0. The van der Waals surface area contributed by atoms with Gasteiger partial charge in [0.1, 0.15) is 0 Å². The number of pyridine rings is 1. The molecule has 0 fully saturated rings. The van der Waals surface area contributed by atoms with Crippen LogP contribution in [0.4, 0.5) is 0 Å². The van der Waals surface area contributed by atoms with Crippen LogP contribution in [0.5, 0.6) is 0 Å². The number of amides is 2. The number of carbonyl (C=O) groups excluding carboxylic acids is 2. The second-order valence-electron chi connectivity index (χ2n) is 6.96. The van der Waals surface area contributed by atoms with Crippen LogP contribution in [0, 0.1) is 0 Å². The molecule has 2 aromatic rings. The molecule has 0 aliphatic carbocycles. The van der Waals surface area contributed by atoms with Gasteiger partial charge in [-0.2, -0.15) is 0 Å². The Morgan fingerprint density at radius 2 is 1.81 bits per heavy atom. The summed E-state index contributed by atoms with van der Waals surface area (Å²) < 4.78 is 1.41. The molecule has 2 amide bonds. The first kappa shape index (κ1) is 19.7. The molecule has 0 unspecified atom stereocenters. The highest BCUT2D eigenvalue weighted by Gasteiger charge is 2.15. The van der Waals surface area contributed by atoms with Gasteiger partial charge < -0.3 is 15.2 Å². The molecular formula is C19H22ClN3O3. The summed E-state index contributed by atoms with van der Waals surface area (Å²) in [6, 6.07) is 9.95. The van der Waals surface area contributed by atoms with Crippen molar-refractivity contribution in [2.75, 3.05) is 6.54 Å². The fraction of sp³-hybridized carbons (Fsp3) is 0.316. The van der Waals surface area contributed by atoms with E-state index in [1.807, 2.05) is 32.9 Å². The van der Waals surface area contributed by atoms with Gasteiger partial charge in [-0.15, -0.1) is 0 Å². The van der Waals surface area contributed by atoms with Crippen LogP contribution in [-0.4, -0.2) is 28.5 Å². The molecule has 0 bridgehead atoms. The zero-order valence-corrected chi connectivity index (χ0v) is 15.8. The van der Waals surface area contributed by atoms with Crippen LogP contribution in [0.25, 0.3) is 0 Å². The van der Waals surface area contributed by atoms with E-state index in [0.29, 0.717) is 10.6 Å². The van der Waals surface area contributed by atoms with Crippen molar-refractivity contribution in [3.8, 4) is 0 Å². The Labute approximate surface area is 157 Å². The number of nitrogens with zero attached hydrogens (tertiary/aromatic N) is 1. The Hall–Kier alpha value is -2.60. The summed E-state index contributed by atoms with van der Waals surface area (Å²) in [4.78, 5) is 36.1. The maximum Gasteiger partial charge on any atom is 0.253 e. The lowest BCUT2D eigenvalue weighted by atomic mass is 10.1. The average molecular weight is 376 g/mol. The van der Waals surface area contributed by atoms with Gasteiger partial charge in [-0.1, -0.05) is 29.8 Å². The molecule has 0 spiro atoms. The van der Waals surface area contributed by atoms with E-state index in [-0.39, 0.29) is 30.1 Å². The van der Waals surface area contributed by atoms with E-state index < -0.39 is 5.91 Å². The molecule has 0 saturated heterocycles. The van der Waals surface area contributed by atoms with Crippen molar-refractivity contribution in [3.05, 3.63) is 69.1 Å². The molecule has 0 aliphatic heterocycles. The maximum atomic E-state index is 12.3. The van der Waals surface area contributed by atoms with Gasteiger partial charge in [-0.25, -0.2) is 0 Å². The van der Waals surface area contributed by atoms with Gasteiger partial charge in [0.15, 0.2) is 0 Å². The lowest BCUT2D eigenvalue weighted by molar-refractivity contribution is -0.121. The van der Waals surface area contributed by atoms with Gasteiger partial charge in [0.2, 0.25) is 5.91 Å². The fourth-order valence-corrected chi connectivity index (χ4v) is 2.52. The van der Waals surface area contributed by atoms with E-state index in [1.165, 1.54) is 22.9 Å². The van der Waals surface area contributed by atoms with Gasteiger partial charge in [-0.05, 0) is 38.5 Å². The summed E-state index contributed by atoms with van der Waals surface area (Å²) in [6.07, 6.45) is 1.46. The summed E-state index contributed by atoms with van der Waals surface area (Å²) >= 11 is 6.13. The Balaban J connectivity index is 2.09. The standard InChI is InChI=1S/C19H22ClN3O3/c1-19(2,3)22-16(24)10-21-18(26)14-8-9-17(25)23(12-14)11-13-6-4-5-7-15(13)20/h4-9,12H,10-11H2,1-3H3,(H,21,26)(H,22,24). The summed E-state index contributed by atoms with van der Waals surface area (Å²) in [6.45, 7) is 5.69. The number of nitrogens with one attached hydrogen (secondary N) is 2. The minimum Gasteiger partial charge on any atom is -0.350 e. The highest BCUT2D eigenvalue weighted by molar-refractivity contribution is 6.31. The summed E-state index contributed by atoms with van der Waals surface area (Å²) in [5.41, 5.74) is 0.454. The summed E-state index contributed by atoms with van der Waals surface area (Å²) in [5, 5.41) is 5.86. The van der Waals surface area contributed by atoms with Gasteiger partial charge >= 0.3 is 0 Å². The van der Waals surface area contributed by atoms with Crippen LogP contribution in [0.3, 0.4) is 0 Å². The maximum absolute atomic E-state index is 12.3. The predicted octanol–water partition coefficient (Wildman–Crippen LogP) is 2.19. The number of hydrogen-bond donors (Lipinski definition) is 2. The lowest BCUT2D eigenvalue weighted by Crippen LogP contribution is -2.45. The van der Waals surface area contributed by atoms with Crippen molar-refractivity contribution >= 4 is 23.4 Å². The van der Waals surface area contributed by atoms with Crippen LogP contribution in [0.2, 0.25) is 5.02 Å². The molecule has 0 aliphatic rings. The van der Waals surface area contributed by atoms with Crippen LogP contribution >= 0.6 is 11.6 Å². The van der Waals surface area contributed by atoms with E-state index in [9.17, 15) is 14.4 Å². The average Bonchev–Trinajstić information content (AvgIpc) is 2.55. The molecule has 0 saturated carbocycles. The predicted molar refractivity (Wildman–Crippen MR) is 101 cm³/mol. The van der Waals surface area contributed by atoms with E-state index >= 15 is 0 Å². The second kappa shape index (κ2) is 8.19. The molecule has 6 nitrogen and oxygen atoms in total. The van der Waals surface area contributed by atoms with Crippen LogP contribution in [0.1, 0.15) is 36.7 Å². The monoisotopic (exact) mass is 375 g/mol. The van der Waals surface area contributed by atoms with Crippen molar-refractivity contribution in [3.63, 3.8) is 0 Å². The van der Waals surface area contributed by atoms with Gasteiger partial charge in [-0.3, -0.25) is 14.4 Å². The Morgan fingerprint density at radius 3 is 2.46 bits per heavy atom. The largest absolute Gasteiger partial charge is 0.350 e. The molecule has 1 heterocycles. The Kier molecular flexibility index (Phi) is 6.21. The fourth-order valence-electron chi connectivity index (χ4n) is 2.32. The van der Waals surface area contributed by atoms with Crippen LogP contribution in [-0.2, 0) is 11.3 Å². The molecule has 1 aromatic heterocycles. The van der Waals surface area contributed by atoms with Crippen molar-refractivity contribution in [2.24, 2.45) is 0 Å². The molecule has 0 radical (unpaired) electrons. The molecule has 138 valence electrons. The smallest absolute Gasteiger partial charge is 0.253 e. The van der Waals surface area contributed by atoms with Crippen molar-refractivity contribution < 1.29 is 9.59 Å². The highest BCUT2D eigenvalue weighted by Crippen LogP contribution is 2.15. The normalized spacial score (nSPS) is 11.1. The Bertz CT molecular complexity index is 869. The van der Waals surface area contributed by atoms with Gasteiger partial charge in [0.25, 0.3) is 11.5 Å². The highest BCUT2D eigenvalue weighted by atomic mass is 35.5. The van der Waals surface area contributed by atoms with E-state index in [2.05, 4.69) is 10.6 Å². The Morgan fingerprint density at radius 1 is 1.12 bits per heavy atom. The van der Waals surface area contributed by atoms with Gasteiger partial charge in [0, 0.05) is 22.8 Å². The van der Waals surface area contributed by atoms with Crippen LogP contribution in [0.15, 0.2) is 47.4 Å². The molecular weight excluding hydrogens is 354 g/mol. The summed E-state index contributed by atoms with van der Waals surface area (Å²) in [7, 11) is 0. The van der Waals surface area contributed by atoms with E-state index in [0.717, 1.165) is 5.56 Å². The van der Waals surface area contributed by atoms with Gasteiger partial charge in [0.05, 0.1) is 18.7 Å². The molecule has 2 rings (SSSR count). The second-order valence-corrected chi connectivity index (χ2v) is 7.36. The number of halogens is 1. The van der Waals surface area contributed by atoms with Crippen molar-refractivity contribution in [2.45, 2.75) is 32.9 Å². The molecule has 2 N–H and O–H groups in total. The minimum absolute atomic E-state index is 0.139. The SMILES string of the molecule is CC(C)(C)NC(=O)CNC(=O)c1ccc(=O)n(Cc2ccccc2Cl)c1. The third-order valence-corrected chi connectivity index (χ3v) is 3.84. The number of benzene rings is 1. The lowest BCUT2D eigenvalue weighted by Gasteiger charge is -2.20.